The Morgan fingerprint density at radius 2 is 2.10 bits per heavy atom. The van der Waals surface area contributed by atoms with Crippen molar-refractivity contribution >= 4 is 24.3 Å². The fourth-order valence-corrected chi connectivity index (χ4v) is 2.64. The average Bonchev–Trinajstić information content (AvgIpc) is 2.77. The SMILES string of the molecule is CC(C)CC(CNC(=O)CC1CCCN1)CC(=O)O.Cl. The molecule has 0 radical (unpaired) electrons. The van der Waals surface area contributed by atoms with Gasteiger partial charge in [0.2, 0.25) is 5.91 Å². The molecule has 0 aliphatic carbocycles. The summed E-state index contributed by atoms with van der Waals surface area (Å²) >= 11 is 0. The molecule has 6 heteroatoms. The van der Waals surface area contributed by atoms with Gasteiger partial charge in [0.25, 0.3) is 0 Å². The molecule has 20 heavy (non-hydrogen) atoms. The fourth-order valence-electron chi connectivity index (χ4n) is 2.64. The summed E-state index contributed by atoms with van der Waals surface area (Å²) in [4.78, 5) is 22.6. The second kappa shape index (κ2) is 10.00. The Kier molecular flexibility index (Phi) is 9.59. The van der Waals surface area contributed by atoms with Crippen LogP contribution in [0.25, 0.3) is 0 Å². The van der Waals surface area contributed by atoms with Crippen molar-refractivity contribution in [2.75, 3.05) is 13.1 Å². The van der Waals surface area contributed by atoms with E-state index in [0.29, 0.717) is 24.9 Å². The first-order valence-electron chi connectivity index (χ1n) is 7.19. The van der Waals surface area contributed by atoms with E-state index in [9.17, 15) is 9.59 Å². The number of amides is 1. The lowest BCUT2D eigenvalue weighted by molar-refractivity contribution is -0.138. The Bertz CT molecular complexity index is 305. The quantitative estimate of drug-likeness (QED) is 0.639. The Hall–Kier alpha value is -0.810. The molecule has 1 aliphatic rings. The lowest BCUT2D eigenvalue weighted by Gasteiger charge is -2.18. The molecule has 118 valence electrons. The number of hydrogen-bond acceptors (Lipinski definition) is 3. The Labute approximate surface area is 127 Å². The van der Waals surface area contributed by atoms with Crippen LogP contribution in [0.1, 0.15) is 46.0 Å². The zero-order chi connectivity index (χ0) is 14.3. The van der Waals surface area contributed by atoms with Crippen LogP contribution >= 0.6 is 12.4 Å². The third-order valence-electron chi connectivity index (χ3n) is 3.45. The summed E-state index contributed by atoms with van der Waals surface area (Å²) in [6, 6.07) is 0.294. The third kappa shape index (κ3) is 8.38. The van der Waals surface area contributed by atoms with Crippen molar-refractivity contribution in [3.8, 4) is 0 Å². The predicted molar refractivity (Wildman–Crippen MR) is 81.1 cm³/mol. The van der Waals surface area contributed by atoms with Crippen molar-refractivity contribution in [1.29, 1.82) is 0 Å². The molecule has 1 amide bonds. The molecule has 2 atom stereocenters. The number of carbonyl (C=O) groups excluding carboxylic acids is 1. The number of hydrogen-bond donors (Lipinski definition) is 3. The predicted octanol–water partition coefficient (Wildman–Crippen LogP) is 1.80. The molecule has 0 aromatic carbocycles. The number of halogens is 1. The minimum Gasteiger partial charge on any atom is -0.481 e. The second-order valence-corrected chi connectivity index (χ2v) is 5.89. The van der Waals surface area contributed by atoms with Crippen molar-refractivity contribution in [2.45, 2.75) is 52.0 Å². The largest absolute Gasteiger partial charge is 0.481 e. The van der Waals surface area contributed by atoms with Crippen LogP contribution in [0.15, 0.2) is 0 Å². The monoisotopic (exact) mass is 306 g/mol. The maximum atomic E-state index is 11.8. The Morgan fingerprint density at radius 3 is 2.60 bits per heavy atom. The lowest BCUT2D eigenvalue weighted by atomic mass is 9.94. The molecule has 3 N–H and O–H groups in total. The standard InChI is InChI=1S/C14H26N2O3.ClH/c1-10(2)6-11(7-14(18)19)9-16-13(17)8-12-4-3-5-15-12;/h10-12,15H,3-9H2,1-2H3,(H,16,17)(H,18,19);1H. The summed E-state index contributed by atoms with van der Waals surface area (Å²) in [5.74, 6) is -0.299. The van der Waals surface area contributed by atoms with Gasteiger partial charge in [-0.1, -0.05) is 13.8 Å². The maximum Gasteiger partial charge on any atom is 0.303 e. The van der Waals surface area contributed by atoms with E-state index in [-0.39, 0.29) is 30.7 Å². The van der Waals surface area contributed by atoms with Gasteiger partial charge in [-0.05, 0) is 37.6 Å². The maximum absolute atomic E-state index is 11.8. The number of carbonyl (C=O) groups is 2. The summed E-state index contributed by atoms with van der Waals surface area (Å²) < 4.78 is 0. The number of carboxylic acid groups (broad SMARTS) is 1. The van der Waals surface area contributed by atoms with Crippen molar-refractivity contribution in [3.05, 3.63) is 0 Å². The summed E-state index contributed by atoms with van der Waals surface area (Å²) in [5, 5.41) is 15.0. The second-order valence-electron chi connectivity index (χ2n) is 5.89. The normalized spacial score (nSPS) is 19.4. The third-order valence-corrected chi connectivity index (χ3v) is 3.45. The van der Waals surface area contributed by atoms with Crippen molar-refractivity contribution in [3.63, 3.8) is 0 Å². The first kappa shape index (κ1) is 19.2. The van der Waals surface area contributed by atoms with Crippen molar-refractivity contribution < 1.29 is 14.7 Å². The van der Waals surface area contributed by atoms with Gasteiger partial charge in [-0.15, -0.1) is 12.4 Å². The molecule has 1 heterocycles. The fraction of sp³-hybridized carbons (Fsp3) is 0.857. The van der Waals surface area contributed by atoms with Gasteiger partial charge in [-0.25, -0.2) is 0 Å². The van der Waals surface area contributed by atoms with Crippen LogP contribution in [0.5, 0.6) is 0 Å². The summed E-state index contributed by atoms with van der Waals surface area (Å²) in [6.45, 7) is 5.60. The average molecular weight is 307 g/mol. The molecule has 0 saturated carbocycles. The molecular weight excluding hydrogens is 280 g/mol. The summed E-state index contributed by atoms with van der Waals surface area (Å²) in [6.07, 6.45) is 3.64. The van der Waals surface area contributed by atoms with Gasteiger partial charge in [-0.2, -0.15) is 0 Å². The highest BCUT2D eigenvalue weighted by molar-refractivity contribution is 5.85. The molecule has 0 spiro atoms. The summed E-state index contributed by atoms with van der Waals surface area (Å²) in [5.41, 5.74) is 0. The Morgan fingerprint density at radius 1 is 1.40 bits per heavy atom. The minimum absolute atomic E-state index is 0. The number of carboxylic acids is 1. The molecule has 2 unspecified atom stereocenters. The van der Waals surface area contributed by atoms with Gasteiger partial charge in [-0.3, -0.25) is 9.59 Å². The minimum atomic E-state index is -0.794. The number of nitrogens with one attached hydrogen (secondary N) is 2. The van der Waals surface area contributed by atoms with E-state index in [0.717, 1.165) is 25.8 Å². The lowest BCUT2D eigenvalue weighted by Crippen LogP contribution is -2.35. The van der Waals surface area contributed by atoms with E-state index in [1.807, 2.05) is 0 Å². The van der Waals surface area contributed by atoms with Crippen LogP contribution < -0.4 is 10.6 Å². The molecule has 1 rings (SSSR count). The first-order valence-corrected chi connectivity index (χ1v) is 7.19. The molecule has 5 nitrogen and oxygen atoms in total. The highest BCUT2D eigenvalue weighted by Crippen LogP contribution is 2.15. The van der Waals surface area contributed by atoms with E-state index in [1.54, 1.807) is 0 Å². The van der Waals surface area contributed by atoms with Crippen LogP contribution in [-0.2, 0) is 9.59 Å². The highest BCUT2D eigenvalue weighted by atomic mass is 35.5. The smallest absolute Gasteiger partial charge is 0.303 e. The van der Waals surface area contributed by atoms with Gasteiger partial charge in [0, 0.05) is 25.4 Å². The van der Waals surface area contributed by atoms with Gasteiger partial charge < -0.3 is 15.7 Å². The van der Waals surface area contributed by atoms with E-state index in [1.165, 1.54) is 0 Å². The van der Waals surface area contributed by atoms with Gasteiger partial charge >= 0.3 is 5.97 Å². The van der Waals surface area contributed by atoms with Crippen LogP contribution in [0.2, 0.25) is 0 Å². The Balaban J connectivity index is 0.00000361. The number of rotatable bonds is 8. The van der Waals surface area contributed by atoms with E-state index < -0.39 is 5.97 Å². The van der Waals surface area contributed by atoms with Crippen molar-refractivity contribution in [2.24, 2.45) is 11.8 Å². The molecular formula is C14H27ClN2O3. The molecule has 1 saturated heterocycles. The van der Waals surface area contributed by atoms with Crippen LogP contribution in [-0.4, -0.2) is 36.1 Å². The van der Waals surface area contributed by atoms with Crippen molar-refractivity contribution in [1.82, 2.24) is 10.6 Å². The first-order chi connectivity index (χ1) is 8.97. The highest BCUT2D eigenvalue weighted by Gasteiger charge is 2.19. The zero-order valence-corrected chi connectivity index (χ0v) is 13.2. The van der Waals surface area contributed by atoms with E-state index in [4.69, 9.17) is 5.11 Å². The zero-order valence-electron chi connectivity index (χ0n) is 12.4. The number of aliphatic carboxylic acids is 1. The van der Waals surface area contributed by atoms with Gasteiger partial charge in [0.05, 0.1) is 0 Å². The molecule has 0 bridgehead atoms. The van der Waals surface area contributed by atoms with E-state index >= 15 is 0 Å². The topological polar surface area (TPSA) is 78.4 Å². The van der Waals surface area contributed by atoms with Crippen LogP contribution in [0, 0.1) is 11.8 Å². The van der Waals surface area contributed by atoms with Crippen LogP contribution in [0.4, 0.5) is 0 Å². The van der Waals surface area contributed by atoms with E-state index in [2.05, 4.69) is 24.5 Å². The van der Waals surface area contributed by atoms with Gasteiger partial charge in [0.15, 0.2) is 0 Å². The molecule has 0 aromatic heterocycles. The molecule has 0 aromatic rings. The van der Waals surface area contributed by atoms with Gasteiger partial charge in [0.1, 0.15) is 0 Å². The molecule has 1 fully saturated rings. The molecule has 1 aliphatic heterocycles. The summed E-state index contributed by atoms with van der Waals surface area (Å²) in [7, 11) is 0. The van der Waals surface area contributed by atoms with Crippen LogP contribution in [0.3, 0.4) is 0 Å².